The molecular weight excluding hydrogens is 204 g/mol. The highest BCUT2D eigenvalue weighted by Gasteiger charge is 2.72. The van der Waals surface area contributed by atoms with E-state index >= 15 is 0 Å². The smallest absolute Gasteiger partial charge is 0.341 e. The van der Waals surface area contributed by atoms with Crippen LogP contribution in [0.1, 0.15) is 25.8 Å². The van der Waals surface area contributed by atoms with Crippen molar-refractivity contribution in [2.45, 2.75) is 31.5 Å². The summed E-state index contributed by atoms with van der Waals surface area (Å²) >= 11 is 0. The van der Waals surface area contributed by atoms with Gasteiger partial charge in [-0.25, -0.2) is 4.79 Å². The molecule has 1 fully saturated rings. The van der Waals surface area contributed by atoms with Gasteiger partial charge in [-0.3, -0.25) is 0 Å². The van der Waals surface area contributed by atoms with E-state index in [0.717, 1.165) is 12.0 Å². The third kappa shape index (κ3) is 1.28. The summed E-state index contributed by atoms with van der Waals surface area (Å²) in [5.74, 6) is -0.307. The van der Waals surface area contributed by atoms with E-state index in [-0.39, 0.29) is 5.97 Å². The first-order chi connectivity index (χ1) is 7.60. The van der Waals surface area contributed by atoms with Crippen LogP contribution >= 0.6 is 0 Å². The maximum atomic E-state index is 11.7. The lowest BCUT2D eigenvalue weighted by molar-refractivity contribution is -0.146. The average Bonchev–Trinajstić information content (AvgIpc) is 2.98. The standard InChI is InChI=1S/C13H16O3/c1-4-13(10-8-6-5-7-9-10)12(2,16-13)11(14)15-3/h5-9H,4H2,1-3H3. The molecule has 1 aliphatic rings. The van der Waals surface area contributed by atoms with Gasteiger partial charge in [-0.05, 0) is 18.9 Å². The molecule has 0 bridgehead atoms. The molecule has 0 aliphatic carbocycles. The molecule has 1 heterocycles. The van der Waals surface area contributed by atoms with Crippen LogP contribution in [0.2, 0.25) is 0 Å². The lowest BCUT2D eigenvalue weighted by atomic mass is 9.85. The van der Waals surface area contributed by atoms with E-state index in [0.29, 0.717) is 0 Å². The van der Waals surface area contributed by atoms with Gasteiger partial charge in [0.1, 0.15) is 5.60 Å². The second kappa shape index (κ2) is 3.59. The second-order valence-electron chi connectivity index (χ2n) is 4.17. The number of carbonyl (C=O) groups is 1. The molecule has 1 aromatic rings. The second-order valence-corrected chi connectivity index (χ2v) is 4.17. The monoisotopic (exact) mass is 220 g/mol. The molecule has 1 aromatic carbocycles. The fourth-order valence-corrected chi connectivity index (χ4v) is 2.38. The van der Waals surface area contributed by atoms with Gasteiger partial charge in [0, 0.05) is 0 Å². The zero-order chi connectivity index (χ0) is 11.8. The molecule has 1 saturated heterocycles. The quantitative estimate of drug-likeness (QED) is 0.579. The number of benzene rings is 1. The molecule has 3 heteroatoms. The number of hydrogen-bond donors (Lipinski definition) is 0. The van der Waals surface area contributed by atoms with Gasteiger partial charge in [-0.1, -0.05) is 37.3 Å². The van der Waals surface area contributed by atoms with Crippen molar-refractivity contribution in [2.24, 2.45) is 0 Å². The van der Waals surface area contributed by atoms with E-state index in [1.807, 2.05) is 37.3 Å². The zero-order valence-corrected chi connectivity index (χ0v) is 9.82. The summed E-state index contributed by atoms with van der Waals surface area (Å²) in [5, 5.41) is 0. The SMILES string of the molecule is CCC1(c2ccccc2)OC1(C)C(=O)OC. The summed E-state index contributed by atoms with van der Waals surface area (Å²) in [6.45, 7) is 3.80. The van der Waals surface area contributed by atoms with Gasteiger partial charge >= 0.3 is 5.97 Å². The van der Waals surface area contributed by atoms with Crippen molar-refractivity contribution in [3.8, 4) is 0 Å². The molecule has 86 valence electrons. The third-order valence-electron chi connectivity index (χ3n) is 3.42. The van der Waals surface area contributed by atoms with Crippen molar-refractivity contribution in [2.75, 3.05) is 7.11 Å². The molecule has 0 spiro atoms. The van der Waals surface area contributed by atoms with Gasteiger partial charge in [-0.2, -0.15) is 0 Å². The molecular formula is C13H16O3. The Bertz CT molecular complexity index is 401. The molecule has 2 atom stereocenters. The van der Waals surface area contributed by atoms with Crippen molar-refractivity contribution in [1.29, 1.82) is 0 Å². The predicted molar refractivity (Wildman–Crippen MR) is 59.9 cm³/mol. The van der Waals surface area contributed by atoms with Gasteiger partial charge in [0.15, 0.2) is 5.60 Å². The Balaban J connectivity index is 2.36. The predicted octanol–water partition coefficient (Wildman–Crippen LogP) is 2.25. The Kier molecular flexibility index (Phi) is 2.50. The lowest BCUT2D eigenvalue weighted by Gasteiger charge is -2.14. The molecule has 0 saturated carbocycles. The minimum atomic E-state index is -0.835. The van der Waals surface area contributed by atoms with Gasteiger partial charge in [-0.15, -0.1) is 0 Å². The Labute approximate surface area is 95.4 Å². The Morgan fingerprint density at radius 1 is 1.38 bits per heavy atom. The molecule has 3 nitrogen and oxygen atoms in total. The normalized spacial score (nSPS) is 32.2. The van der Waals surface area contributed by atoms with E-state index in [9.17, 15) is 4.79 Å². The largest absolute Gasteiger partial charge is 0.467 e. The molecule has 0 aromatic heterocycles. The van der Waals surface area contributed by atoms with Crippen LogP contribution in [0, 0.1) is 0 Å². The first-order valence-corrected chi connectivity index (χ1v) is 5.45. The van der Waals surface area contributed by atoms with E-state index < -0.39 is 11.2 Å². The van der Waals surface area contributed by atoms with E-state index in [2.05, 4.69) is 0 Å². The van der Waals surface area contributed by atoms with Gasteiger partial charge in [0.2, 0.25) is 0 Å². The topological polar surface area (TPSA) is 38.8 Å². The average molecular weight is 220 g/mol. The van der Waals surface area contributed by atoms with Crippen molar-refractivity contribution >= 4 is 5.97 Å². The highest BCUT2D eigenvalue weighted by atomic mass is 16.7. The highest BCUT2D eigenvalue weighted by molar-refractivity contribution is 5.84. The number of ether oxygens (including phenoxy) is 2. The Morgan fingerprint density at radius 3 is 2.50 bits per heavy atom. The maximum absolute atomic E-state index is 11.7. The summed E-state index contributed by atoms with van der Waals surface area (Å²) in [6.07, 6.45) is 0.753. The molecule has 16 heavy (non-hydrogen) atoms. The van der Waals surface area contributed by atoms with Crippen LogP contribution < -0.4 is 0 Å². The van der Waals surface area contributed by atoms with Gasteiger partial charge in [0.25, 0.3) is 0 Å². The number of esters is 1. The fraction of sp³-hybridized carbons (Fsp3) is 0.462. The molecule has 0 N–H and O–H groups in total. The summed E-state index contributed by atoms with van der Waals surface area (Å²) in [4.78, 5) is 11.7. The maximum Gasteiger partial charge on any atom is 0.341 e. The molecule has 0 radical (unpaired) electrons. The van der Waals surface area contributed by atoms with Crippen LogP contribution in [0.25, 0.3) is 0 Å². The molecule has 2 rings (SSSR count). The summed E-state index contributed by atoms with van der Waals surface area (Å²) in [5.41, 5.74) is -0.315. The summed E-state index contributed by atoms with van der Waals surface area (Å²) < 4.78 is 10.5. The Hall–Kier alpha value is -1.35. The first-order valence-electron chi connectivity index (χ1n) is 5.45. The van der Waals surface area contributed by atoms with Gasteiger partial charge in [0.05, 0.1) is 7.11 Å². The zero-order valence-electron chi connectivity index (χ0n) is 9.82. The molecule has 1 aliphatic heterocycles. The Morgan fingerprint density at radius 2 is 2.00 bits per heavy atom. The van der Waals surface area contributed by atoms with Crippen molar-refractivity contribution in [3.63, 3.8) is 0 Å². The third-order valence-corrected chi connectivity index (χ3v) is 3.42. The number of hydrogen-bond acceptors (Lipinski definition) is 3. The lowest BCUT2D eigenvalue weighted by Crippen LogP contribution is -2.30. The fourth-order valence-electron chi connectivity index (χ4n) is 2.38. The van der Waals surface area contributed by atoms with Crippen LogP contribution in [-0.4, -0.2) is 18.7 Å². The minimum absolute atomic E-state index is 0.307. The van der Waals surface area contributed by atoms with Gasteiger partial charge < -0.3 is 9.47 Å². The highest BCUT2D eigenvalue weighted by Crippen LogP contribution is 2.58. The van der Waals surface area contributed by atoms with E-state index in [1.165, 1.54) is 7.11 Å². The van der Waals surface area contributed by atoms with Crippen molar-refractivity contribution in [3.05, 3.63) is 35.9 Å². The summed E-state index contributed by atoms with van der Waals surface area (Å²) in [6, 6.07) is 9.82. The van der Waals surface area contributed by atoms with Crippen molar-refractivity contribution in [1.82, 2.24) is 0 Å². The molecule has 0 amide bonds. The number of methoxy groups -OCH3 is 1. The minimum Gasteiger partial charge on any atom is -0.467 e. The van der Waals surface area contributed by atoms with Crippen LogP contribution in [0.15, 0.2) is 30.3 Å². The van der Waals surface area contributed by atoms with Crippen LogP contribution in [-0.2, 0) is 19.9 Å². The van der Waals surface area contributed by atoms with E-state index in [1.54, 1.807) is 6.92 Å². The van der Waals surface area contributed by atoms with Crippen LogP contribution in [0.3, 0.4) is 0 Å². The van der Waals surface area contributed by atoms with Crippen LogP contribution in [0.4, 0.5) is 0 Å². The summed E-state index contributed by atoms with van der Waals surface area (Å²) in [7, 11) is 1.39. The van der Waals surface area contributed by atoms with E-state index in [4.69, 9.17) is 9.47 Å². The number of carbonyl (C=O) groups excluding carboxylic acids is 1. The van der Waals surface area contributed by atoms with Crippen molar-refractivity contribution < 1.29 is 14.3 Å². The number of epoxide rings is 1. The number of rotatable bonds is 3. The first kappa shape index (κ1) is 11.1. The van der Waals surface area contributed by atoms with Crippen LogP contribution in [0.5, 0.6) is 0 Å². The molecule has 2 unspecified atom stereocenters.